The molecule has 3 rings (SSSR count). The lowest BCUT2D eigenvalue weighted by molar-refractivity contribution is -0.900. The number of carbonyl (C=O) groups excluding carboxylic acids is 1. The number of carbonyl (C=O) groups is 1. The first-order chi connectivity index (χ1) is 14.3. The molecular formula is C25H41N2O3+. The minimum atomic E-state index is -0.364. The smallest absolute Gasteiger partial charge is 0.412 e. The molecule has 0 aromatic heterocycles. The van der Waals surface area contributed by atoms with Gasteiger partial charge in [-0.1, -0.05) is 39.8 Å². The third kappa shape index (κ3) is 4.05. The highest BCUT2D eigenvalue weighted by atomic mass is 16.6. The molecule has 2 bridgehead atoms. The molecule has 168 valence electrons. The molecule has 5 nitrogen and oxygen atoms in total. The van der Waals surface area contributed by atoms with Gasteiger partial charge in [-0.25, -0.2) is 4.79 Å². The van der Waals surface area contributed by atoms with E-state index >= 15 is 0 Å². The Hall–Kier alpha value is -1.75. The van der Waals surface area contributed by atoms with Crippen molar-refractivity contribution >= 4 is 11.8 Å². The van der Waals surface area contributed by atoms with Crippen molar-refractivity contribution in [3.63, 3.8) is 0 Å². The molecule has 0 heterocycles. The summed E-state index contributed by atoms with van der Waals surface area (Å²) in [7, 11) is 0. The monoisotopic (exact) mass is 417 g/mol. The average Bonchev–Trinajstić information content (AvgIpc) is 3.04. The Kier molecular flexibility index (Phi) is 7.01. The van der Waals surface area contributed by atoms with Crippen molar-refractivity contribution in [2.45, 2.75) is 66.9 Å². The Balaban J connectivity index is 1.77. The molecule has 2 aliphatic carbocycles. The van der Waals surface area contributed by atoms with Gasteiger partial charge in [0.2, 0.25) is 0 Å². The highest BCUT2D eigenvalue weighted by molar-refractivity contribution is 5.86. The second-order valence-electron chi connectivity index (χ2n) is 9.90. The Morgan fingerprint density at radius 3 is 2.53 bits per heavy atom. The van der Waals surface area contributed by atoms with Crippen LogP contribution in [0.1, 0.15) is 60.8 Å². The number of benzene rings is 1. The van der Waals surface area contributed by atoms with Gasteiger partial charge in [-0.3, -0.25) is 5.32 Å². The van der Waals surface area contributed by atoms with Crippen molar-refractivity contribution in [1.82, 2.24) is 0 Å². The van der Waals surface area contributed by atoms with E-state index in [1.54, 1.807) is 4.90 Å². The molecule has 30 heavy (non-hydrogen) atoms. The van der Waals surface area contributed by atoms with E-state index in [0.717, 1.165) is 32.5 Å². The zero-order valence-electron chi connectivity index (χ0n) is 19.7. The van der Waals surface area contributed by atoms with Crippen LogP contribution in [0.4, 0.5) is 10.5 Å². The summed E-state index contributed by atoms with van der Waals surface area (Å²) in [5, 5.41) is 2.96. The van der Waals surface area contributed by atoms with Crippen molar-refractivity contribution in [3.8, 4) is 5.75 Å². The number of quaternary nitrogens is 1. The highest BCUT2D eigenvalue weighted by Gasteiger charge is 2.68. The van der Waals surface area contributed by atoms with E-state index in [1.807, 2.05) is 24.3 Å². The maximum Gasteiger partial charge on any atom is 0.412 e. The van der Waals surface area contributed by atoms with Gasteiger partial charge >= 0.3 is 6.09 Å². The van der Waals surface area contributed by atoms with Crippen molar-refractivity contribution in [2.75, 3.05) is 31.6 Å². The van der Waals surface area contributed by atoms with Crippen LogP contribution < -0.4 is 15.0 Å². The molecule has 0 spiro atoms. The normalized spacial score (nSPS) is 29.2. The second-order valence-corrected chi connectivity index (χ2v) is 9.90. The van der Waals surface area contributed by atoms with E-state index in [9.17, 15) is 4.79 Å². The second kappa shape index (κ2) is 9.17. The van der Waals surface area contributed by atoms with E-state index in [4.69, 9.17) is 9.47 Å². The molecule has 2 saturated carbocycles. The highest BCUT2D eigenvalue weighted by Crippen LogP contribution is 2.68. The SMILES string of the molecule is CCCOc1ccccc1NC(=O)O[C@@H]1[C@H](C[NH+](CC)CC)[C@@H]2CC[C@@]1(C)C2(C)C. The number of nitrogens with one attached hydrogen (secondary N) is 2. The molecule has 4 atom stereocenters. The predicted molar refractivity (Wildman–Crippen MR) is 121 cm³/mol. The summed E-state index contributed by atoms with van der Waals surface area (Å²) in [5.74, 6) is 1.71. The van der Waals surface area contributed by atoms with Crippen molar-refractivity contribution in [2.24, 2.45) is 22.7 Å². The zero-order chi connectivity index (χ0) is 21.9. The molecule has 1 aromatic rings. The molecule has 5 heteroatoms. The van der Waals surface area contributed by atoms with Gasteiger partial charge in [0.1, 0.15) is 11.9 Å². The van der Waals surface area contributed by atoms with Gasteiger partial charge in [-0.2, -0.15) is 0 Å². The topological polar surface area (TPSA) is 52.0 Å². The van der Waals surface area contributed by atoms with Crippen LogP contribution in [0.3, 0.4) is 0 Å². The van der Waals surface area contributed by atoms with Gasteiger partial charge < -0.3 is 14.4 Å². The van der Waals surface area contributed by atoms with Crippen molar-refractivity contribution in [3.05, 3.63) is 24.3 Å². The summed E-state index contributed by atoms with van der Waals surface area (Å²) in [4.78, 5) is 14.6. The van der Waals surface area contributed by atoms with Crippen LogP contribution in [0.5, 0.6) is 5.75 Å². The fraction of sp³-hybridized carbons (Fsp3) is 0.720. The summed E-state index contributed by atoms with van der Waals surface area (Å²) in [5.41, 5.74) is 0.872. The molecule has 2 aliphatic rings. The van der Waals surface area contributed by atoms with Crippen molar-refractivity contribution in [1.29, 1.82) is 0 Å². The number of para-hydroxylation sites is 2. The Bertz CT molecular complexity index is 731. The Morgan fingerprint density at radius 1 is 1.17 bits per heavy atom. The van der Waals surface area contributed by atoms with Gasteiger partial charge in [-0.05, 0) is 56.6 Å². The third-order valence-corrected chi connectivity index (χ3v) is 8.25. The number of ether oxygens (including phenoxy) is 2. The fourth-order valence-electron chi connectivity index (χ4n) is 6.00. The third-order valence-electron chi connectivity index (χ3n) is 8.25. The van der Waals surface area contributed by atoms with Crippen molar-refractivity contribution < 1.29 is 19.2 Å². The number of anilines is 1. The lowest BCUT2D eigenvalue weighted by Gasteiger charge is -2.39. The molecule has 0 unspecified atom stereocenters. The molecule has 1 aromatic carbocycles. The van der Waals surface area contributed by atoms with Crippen LogP contribution in [0, 0.1) is 22.7 Å². The molecule has 0 saturated heterocycles. The van der Waals surface area contributed by atoms with E-state index in [0.29, 0.717) is 29.9 Å². The van der Waals surface area contributed by atoms with Gasteiger partial charge in [0.25, 0.3) is 0 Å². The summed E-state index contributed by atoms with van der Waals surface area (Å²) < 4.78 is 12.0. The number of amides is 1. The van der Waals surface area contributed by atoms with E-state index < -0.39 is 0 Å². The van der Waals surface area contributed by atoms with Crippen LogP contribution in [0.15, 0.2) is 24.3 Å². The van der Waals surface area contributed by atoms with E-state index in [-0.39, 0.29) is 23.0 Å². The maximum atomic E-state index is 13.0. The lowest BCUT2D eigenvalue weighted by atomic mass is 9.70. The lowest BCUT2D eigenvalue weighted by Crippen LogP contribution is -3.12. The van der Waals surface area contributed by atoms with Gasteiger partial charge in [0, 0.05) is 11.3 Å². The minimum Gasteiger partial charge on any atom is -0.491 e. The predicted octanol–water partition coefficient (Wildman–Crippen LogP) is 4.39. The van der Waals surface area contributed by atoms with E-state index in [1.165, 1.54) is 6.42 Å². The number of hydrogen-bond acceptors (Lipinski definition) is 3. The van der Waals surface area contributed by atoms with Crippen LogP contribution in [-0.4, -0.2) is 38.4 Å². The number of fused-ring (bicyclic) bond motifs is 2. The molecule has 0 radical (unpaired) electrons. The van der Waals surface area contributed by atoms with Crippen LogP contribution in [0.2, 0.25) is 0 Å². The summed E-state index contributed by atoms with van der Waals surface area (Å²) in [6, 6.07) is 7.59. The Morgan fingerprint density at radius 2 is 1.87 bits per heavy atom. The summed E-state index contributed by atoms with van der Waals surface area (Å²) >= 11 is 0. The van der Waals surface area contributed by atoms with Gasteiger partial charge in [0.05, 0.1) is 31.9 Å². The van der Waals surface area contributed by atoms with Crippen LogP contribution in [0.25, 0.3) is 0 Å². The van der Waals surface area contributed by atoms with E-state index in [2.05, 4.69) is 46.9 Å². The molecule has 2 fully saturated rings. The number of rotatable bonds is 9. The number of hydrogen-bond donors (Lipinski definition) is 2. The average molecular weight is 418 g/mol. The first kappa shape index (κ1) is 22.9. The molecule has 1 amide bonds. The summed E-state index contributed by atoms with van der Waals surface area (Å²) in [6.07, 6.45) is 2.87. The maximum absolute atomic E-state index is 13.0. The van der Waals surface area contributed by atoms with Gasteiger partial charge in [0.15, 0.2) is 0 Å². The quantitative estimate of drug-likeness (QED) is 0.627. The molecule has 2 N–H and O–H groups in total. The standard InChI is InChI=1S/C25H40N2O3/c1-7-16-29-21-13-11-10-12-20(21)26-23(28)30-22-18(17-27(8-2)9-3)19-14-15-25(22,6)24(19,4)5/h10-13,18-19,22H,7-9,14-17H2,1-6H3,(H,26,28)/p+1/t18-,19+,22-,25-/m1/s1. The van der Waals surface area contributed by atoms with Gasteiger partial charge in [-0.15, -0.1) is 0 Å². The Labute approximate surface area is 182 Å². The van der Waals surface area contributed by atoms with Crippen LogP contribution >= 0.6 is 0 Å². The summed E-state index contributed by atoms with van der Waals surface area (Å²) in [6.45, 7) is 17.6. The molecular weight excluding hydrogens is 376 g/mol. The first-order valence-corrected chi connectivity index (χ1v) is 11.8. The first-order valence-electron chi connectivity index (χ1n) is 11.8. The molecule has 0 aliphatic heterocycles. The fourth-order valence-corrected chi connectivity index (χ4v) is 6.00. The van der Waals surface area contributed by atoms with Crippen LogP contribution in [-0.2, 0) is 4.74 Å². The zero-order valence-corrected chi connectivity index (χ0v) is 19.7. The minimum absolute atomic E-state index is 0.0183. The largest absolute Gasteiger partial charge is 0.491 e.